The van der Waals surface area contributed by atoms with E-state index in [1.807, 2.05) is 12.1 Å². The summed E-state index contributed by atoms with van der Waals surface area (Å²) in [5, 5.41) is 5.10. The van der Waals surface area contributed by atoms with Gasteiger partial charge in [-0.2, -0.15) is 5.10 Å². The number of piperazine rings is 1. The number of likely N-dealkylation sites (N-methyl/N-ethyl adjacent to an activating group) is 1. The van der Waals surface area contributed by atoms with Crippen molar-refractivity contribution in [3.63, 3.8) is 0 Å². The lowest BCUT2D eigenvalue weighted by Gasteiger charge is -2.36. The summed E-state index contributed by atoms with van der Waals surface area (Å²) in [6.07, 6.45) is 5.54. The maximum Gasteiger partial charge on any atom is 0.137 e. The van der Waals surface area contributed by atoms with Crippen LogP contribution in [0.5, 0.6) is 0 Å². The molecule has 34 heavy (non-hydrogen) atoms. The molecule has 3 heterocycles. The highest BCUT2D eigenvalue weighted by molar-refractivity contribution is 5.56. The van der Waals surface area contributed by atoms with Crippen molar-refractivity contribution < 1.29 is 4.39 Å². The average Bonchev–Trinajstić information content (AvgIpc) is 3.54. The van der Waals surface area contributed by atoms with E-state index in [2.05, 4.69) is 63.2 Å². The van der Waals surface area contributed by atoms with Crippen LogP contribution < -0.4 is 4.90 Å². The van der Waals surface area contributed by atoms with Crippen LogP contribution in [0.4, 0.5) is 10.2 Å². The first-order chi connectivity index (χ1) is 16.6. The van der Waals surface area contributed by atoms with Gasteiger partial charge in [-0.3, -0.25) is 4.90 Å². The number of aryl methyl sites for hydroxylation is 2. The molecule has 1 aliphatic carbocycles. The number of halogens is 1. The van der Waals surface area contributed by atoms with Gasteiger partial charge in [0, 0.05) is 69.8 Å². The van der Waals surface area contributed by atoms with Crippen LogP contribution in [0.2, 0.25) is 0 Å². The van der Waals surface area contributed by atoms with Crippen molar-refractivity contribution in [2.75, 3.05) is 37.6 Å². The monoisotopic (exact) mass is 464 g/mol. The fourth-order valence-electron chi connectivity index (χ4n) is 5.12. The molecule has 7 heteroatoms. The van der Waals surface area contributed by atoms with E-state index in [1.54, 1.807) is 0 Å². The van der Waals surface area contributed by atoms with Gasteiger partial charge in [-0.1, -0.05) is 13.8 Å². The minimum Gasteiger partial charge on any atom is -0.354 e. The van der Waals surface area contributed by atoms with Gasteiger partial charge in [-0.05, 0) is 62.2 Å². The molecule has 1 aliphatic heterocycles. The van der Waals surface area contributed by atoms with Crippen LogP contribution in [-0.2, 0) is 26.6 Å². The van der Waals surface area contributed by atoms with Gasteiger partial charge >= 0.3 is 0 Å². The van der Waals surface area contributed by atoms with Crippen molar-refractivity contribution in [1.29, 1.82) is 0 Å². The minimum atomic E-state index is -0.215. The van der Waals surface area contributed by atoms with Crippen molar-refractivity contribution in [2.45, 2.75) is 52.2 Å². The van der Waals surface area contributed by atoms with E-state index < -0.39 is 0 Å². The van der Waals surface area contributed by atoms with Crippen molar-refractivity contribution in [3.05, 3.63) is 65.4 Å². The van der Waals surface area contributed by atoms with E-state index in [0.29, 0.717) is 6.04 Å². The molecule has 1 saturated carbocycles. The number of anilines is 1. The molecule has 5 rings (SSSR count). The van der Waals surface area contributed by atoms with E-state index in [9.17, 15) is 4.39 Å². The third kappa shape index (κ3) is 4.77. The fraction of sp³-hybridized carbons (Fsp3) is 0.519. The minimum absolute atomic E-state index is 0.215. The lowest BCUT2D eigenvalue weighted by molar-refractivity contribution is 0.239. The van der Waals surface area contributed by atoms with E-state index >= 15 is 0 Å². The molecular formula is C27H37FN6. The Morgan fingerprint density at radius 2 is 1.74 bits per heavy atom. The zero-order valence-corrected chi connectivity index (χ0v) is 20.8. The molecular weight excluding hydrogens is 427 g/mol. The van der Waals surface area contributed by atoms with Crippen molar-refractivity contribution in [3.8, 4) is 5.69 Å². The smallest absolute Gasteiger partial charge is 0.137 e. The second kappa shape index (κ2) is 9.92. The second-order valence-electron chi connectivity index (χ2n) is 9.66. The van der Waals surface area contributed by atoms with E-state index in [-0.39, 0.29) is 5.82 Å². The molecule has 2 fully saturated rings. The highest BCUT2D eigenvalue weighted by atomic mass is 19.1. The zero-order chi connectivity index (χ0) is 23.7. The Balaban J connectivity index is 1.53. The van der Waals surface area contributed by atoms with Crippen LogP contribution in [0, 0.1) is 5.82 Å². The number of hydrogen-bond acceptors (Lipinski definition) is 4. The summed E-state index contributed by atoms with van der Waals surface area (Å²) in [6, 6.07) is 11.8. The Morgan fingerprint density at radius 1 is 1.00 bits per heavy atom. The molecule has 6 nitrogen and oxygen atoms in total. The molecule has 0 spiro atoms. The standard InChI is InChI=1S/C27H37FN6/c1-4-26-25(20-33(22-12-13-22)19-24-7-6-14-30(24)3)27(32-17-15-31(5-2)16-18-32)34(29-26)23-10-8-21(28)9-11-23/h6-11,14,22H,4-5,12-13,15-20H2,1-3H3. The summed E-state index contributed by atoms with van der Waals surface area (Å²) in [5.41, 5.74) is 4.75. The topological polar surface area (TPSA) is 32.5 Å². The van der Waals surface area contributed by atoms with Gasteiger partial charge in [0.2, 0.25) is 0 Å². The molecule has 0 amide bonds. The highest BCUT2D eigenvalue weighted by Crippen LogP contribution is 2.35. The Hall–Kier alpha value is -2.64. The first-order valence-electron chi connectivity index (χ1n) is 12.8. The molecule has 3 aromatic rings. The zero-order valence-electron chi connectivity index (χ0n) is 20.8. The number of hydrogen-bond donors (Lipinski definition) is 0. The predicted octanol–water partition coefficient (Wildman–Crippen LogP) is 4.22. The number of benzene rings is 1. The summed E-state index contributed by atoms with van der Waals surface area (Å²) in [5.74, 6) is 0.976. The maximum atomic E-state index is 13.7. The van der Waals surface area contributed by atoms with Gasteiger partial charge in [0.25, 0.3) is 0 Å². The first-order valence-corrected chi connectivity index (χ1v) is 12.8. The van der Waals surface area contributed by atoms with E-state index in [4.69, 9.17) is 5.10 Å². The summed E-state index contributed by atoms with van der Waals surface area (Å²) in [4.78, 5) is 7.64. The highest BCUT2D eigenvalue weighted by Gasteiger charge is 2.33. The maximum absolute atomic E-state index is 13.7. The van der Waals surface area contributed by atoms with Crippen molar-refractivity contribution in [1.82, 2.24) is 24.1 Å². The number of nitrogens with zero attached hydrogens (tertiary/aromatic N) is 6. The summed E-state index contributed by atoms with van der Waals surface area (Å²) < 4.78 is 18.0. The Kier molecular flexibility index (Phi) is 6.75. The summed E-state index contributed by atoms with van der Waals surface area (Å²) in [7, 11) is 2.13. The average molecular weight is 465 g/mol. The van der Waals surface area contributed by atoms with Crippen LogP contribution in [0.3, 0.4) is 0 Å². The molecule has 0 N–H and O–H groups in total. The Labute approximate surface area is 202 Å². The van der Waals surface area contributed by atoms with Crippen LogP contribution in [0.25, 0.3) is 5.69 Å². The van der Waals surface area contributed by atoms with Gasteiger partial charge in [0.15, 0.2) is 0 Å². The molecule has 0 unspecified atom stereocenters. The molecule has 2 aliphatic rings. The van der Waals surface area contributed by atoms with Crippen molar-refractivity contribution in [2.24, 2.45) is 7.05 Å². The molecule has 1 saturated heterocycles. The van der Waals surface area contributed by atoms with Gasteiger partial charge < -0.3 is 14.4 Å². The molecule has 0 bridgehead atoms. The van der Waals surface area contributed by atoms with E-state index in [1.165, 1.54) is 42.0 Å². The third-order valence-corrected chi connectivity index (χ3v) is 7.41. The Morgan fingerprint density at radius 3 is 2.32 bits per heavy atom. The van der Waals surface area contributed by atoms with Gasteiger partial charge in [-0.15, -0.1) is 0 Å². The van der Waals surface area contributed by atoms with Gasteiger partial charge in [0.1, 0.15) is 11.6 Å². The number of rotatable bonds is 9. The molecule has 182 valence electrons. The predicted molar refractivity (Wildman–Crippen MR) is 135 cm³/mol. The summed E-state index contributed by atoms with van der Waals surface area (Å²) in [6.45, 7) is 11.4. The van der Waals surface area contributed by atoms with Crippen LogP contribution in [-0.4, -0.2) is 62.9 Å². The summed E-state index contributed by atoms with van der Waals surface area (Å²) >= 11 is 0. The number of aromatic nitrogens is 3. The van der Waals surface area contributed by atoms with Gasteiger partial charge in [-0.25, -0.2) is 9.07 Å². The van der Waals surface area contributed by atoms with Gasteiger partial charge in [0.05, 0.1) is 11.4 Å². The molecule has 0 atom stereocenters. The second-order valence-corrected chi connectivity index (χ2v) is 9.66. The molecule has 2 aromatic heterocycles. The van der Waals surface area contributed by atoms with E-state index in [0.717, 1.165) is 63.6 Å². The molecule has 0 radical (unpaired) electrons. The largest absolute Gasteiger partial charge is 0.354 e. The first kappa shape index (κ1) is 23.1. The van der Waals surface area contributed by atoms with Crippen LogP contribution in [0.1, 0.15) is 43.6 Å². The quantitative estimate of drug-likeness (QED) is 0.475. The normalized spacial score (nSPS) is 17.1. The fourth-order valence-corrected chi connectivity index (χ4v) is 5.12. The van der Waals surface area contributed by atoms with Crippen molar-refractivity contribution >= 4 is 5.82 Å². The SMILES string of the molecule is CCc1nn(-c2ccc(F)cc2)c(N2CCN(CC)CC2)c1CN(Cc1cccn1C)C1CC1. The lowest BCUT2D eigenvalue weighted by Crippen LogP contribution is -2.47. The molecule has 1 aromatic carbocycles. The lowest BCUT2D eigenvalue weighted by atomic mass is 10.1. The third-order valence-electron chi connectivity index (χ3n) is 7.41. The van der Waals surface area contributed by atoms with Crippen LogP contribution >= 0.6 is 0 Å². The Bertz CT molecular complexity index is 1090. The van der Waals surface area contributed by atoms with Crippen LogP contribution in [0.15, 0.2) is 42.6 Å².